The van der Waals surface area contributed by atoms with Crippen molar-refractivity contribution >= 4 is 83.3 Å². The van der Waals surface area contributed by atoms with E-state index in [1.165, 1.54) is 36.7 Å². The number of fused-ring (bicyclic) bond motifs is 9. The molecule has 2 nitrogen and oxygen atoms in total. The molecule has 3 heterocycles. The zero-order chi connectivity index (χ0) is 33.3. The first-order valence-electron chi connectivity index (χ1n) is 16.8. The Balaban J connectivity index is 1.41. The highest BCUT2D eigenvalue weighted by atomic mass is 32.1. The minimum absolute atomic E-state index is 0.158. The summed E-state index contributed by atoms with van der Waals surface area (Å²) in [5.41, 5.74) is 12.1. The maximum absolute atomic E-state index is 16.3. The van der Waals surface area contributed by atoms with Gasteiger partial charge in [-0.25, -0.2) is 8.78 Å². The van der Waals surface area contributed by atoms with Crippen LogP contribution in [0.25, 0.3) is 25.9 Å². The zero-order valence-electron chi connectivity index (χ0n) is 27.6. The van der Waals surface area contributed by atoms with E-state index in [-0.39, 0.29) is 23.8 Å². The molecule has 10 rings (SSSR count). The highest BCUT2D eigenvalue weighted by Gasteiger charge is 2.53. The van der Waals surface area contributed by atoms with Crippen molar-refractivity contribution in [3.63, 3.8) is 0 Å². The number of hydrogen-bond acceptors (Lipinski definition) is 3. The monoisotopic (exact) mass is 656 g/mol. The maximum Gasteiger partial charge on any atom is 0.249 e. The second kappa shape index (κ2) is 9.93. The molecule has 49 heavy (non-hydrogen) atoms. The van der Waals surface area contributed by atoms with Gasteiger partial charge in [-0.15, -0.1) is 11.3 Å². The summed E-state index contributed by atoms with van der Waals surface area (Å²) < 4.78 is 35.0. The lowest BCUT2D eigenvalue weighted by Crippen LogP contribution is -2.57. The molecule has 0 saturated heterocycles. The molecule has 3 aliphatic rings. The van der Waals surface area contributed by atoms with E-state index in [2.05, 4.69) is 96.4 Å². The van der Waals surface area contributed by atoms with Crippen LogP contribution < -0.4 is 20.7 Å². The second-order valence-corrected chi connectivity index (χ2v) is 15.2. The number of thiophene rings is 1. The second-order valence-electron chi connectivity index (χ2n) is 14.1. The van der Waals surface area contributed by atoms with Crippen LogP contribution in [0.5, 0.6) is 0 Å². The van der Waals surface area contributed by atoms with E-state index in [1.807, 2.05) is 44.2 Å². The van der Waals surface area contributed by atoms with Gasteiger partial charge in [0.2, 0.25) is 6.71 Å². The maximum atomic E-state index is 16.3. The summed E-state index contributed by atoms with van der Waals surface area (Å²) in [5, 5.41) is 2.41. The number of benzene rings is 6. The normalized spacial score (nSPS) is 15.5. The summed E-state index contributed by atoms with van der Waals surface area (Å²) in [7, 11) is 0. The Kier molecular flexibility index (Phi) is 5.83. The summed E-state index contributed by atoms with van der Waals surface area (Å²) >= 11 is 1.80. The summed E-state index contributed by atoms with van der Waals surface area (Å²) in [6, 6.07) is 38.7. The highest BCUT2D eigenvalue weighted by molar-refractivity contribution is 7.26. The van der Waals surface area contributed by atoms with Crippen molar-refractivity contribution in [1.82, 2.24) is 0 Å². The minimum atomic E-state index is -0.386. The molecule has 6 heteroatoms. The van der Waals surface area contributed by atoms with Crippen molar-refractivity contribution in [2.45, 2.75) is 33.1 Å². The van der Waals surface area contributed by atoms with Gasteiger partial charge in [-0.2, -0.15) is 0 Å². The first-order chi connectivity index (χ1) is 23.7. The predicted octanol–water partition coefficient (Wildman–Crippen LogP) is 10.7. The third-order valence-electron chi connectivity index (χ3n) is 10.9. The van der Waals surface area contributed by atoms with Gasteiger partial charge in [-0.3, -0.25) is 0 Å². The topological polar surface area (TPSA) is 6.48 Å². The quantitative estimate of drug-likeness (QED) is 0.171. The predicted molar refractivity (Wildman–Crippen MR) is 203 cm³/mol. The van der Waals surface area contributed by atoms with Gasteiger partial charge in [-0.1, -0.05) is 80.0 Å². The van der Waals surface area contributed by atoms with Crippen LogP contribution in [-0.4, -0.2) is 6.71 Å². The molecule has 236 valence electrons. The SMILES string of the molecule is Cc1ccc(N2C3=C(B4c5c2cccc5N(c2cc(C)ccc2F)c2ccc5sc6ccccc6c5c24)C(C)(C)c2ccccc23)c(F)c1. The Morgan fingerprint density at radius 3 is 2.12 bits per heavy atom. The van der Waals surface area contributed by atoms with Crippen molar-refractivity contribution in [1.29, 1.82) is 0 Å². The van der Waals surface area contributed by atoms with Crippen LogP contribution in [-0.2, 0) is 5.41 Å². The van der Waals surface area contributed by atoms with Gasteiger partial charge in [0.25, 0.3) is 0 Å². The average Bonchev–Trinajstić information content (AvgIpc) is 3.59. The standard InChI is InChI=1S/C43H31BF2N2S/c1-24-17-19-31(30(46)22-24)48-33-14-9-13-32-39(33)44(42-41(48)26-10-5-7-12-28(26)43(42,3)4)40-34(47(32)35-23-25(2)16-18-29(35)45)20-21-37-38(40)27-11-6-8-15-36(27)49-37/h5-23H,1-4H3. The molecular weight excluding hydrogens is 625 g/mol. The Morgan fingerprint density at radius 1 is 0.592 bits per heavy atom. The van der Waals surface area contributed by atoms with Gasteiger partial charge in [-0.05, 0) is 107 Å². The molecular formula is C43H31BF2N2S. The molecule has 0 atom stereocenters. The Bertz CT molecular complexity index is 2620. The largest absolute Gasteiger partial charge is 0.309 e. The molecule has 1 aliphatic carbocycles. The van der Waals surface area contributed by atoms with Crippen LogP contribution in [0.1, 0.15) is 36.1 Å². The number of rotatable bonds is 2. The number of allylic oxidation sites excluding steroid dienone is 1. The third-order valence-corrected chi connectivity index (χ3v) is 12.0. The Labute approximate surface area is 288 Å². The van der Waals surface area contributed by atoms with E-state index in [4.69, 9.17) is 0 Å². The molecule has 0 bridgehead atoms. The lowest BCUT2D eigenvalue weighted by molar-refractivity contribution is 0.627. The van der Waals surface area contributed by atoms with E-state index in [9.17, 15) is 0 Å². The van der Waals surface area contributed by atoms with E-state index in [1.54, 1.807) is 23.5 Å². The Morgan fingerprint density at radius 2 is 1.29 bits per heavy atom. The molecule has 0 N–H and O–H groups in total. The van der Waals surface area contributed by atoms with Crippen LogP contribution in [0, 0.1) is 25.5 Å². The number of nitrogens with zero attached hydrogens (tertiary/aromatic N) is 2. The van der Waals surface area contributed by atoms with Crippen LogP contribution in [0.2, 0.25) is 0 Å². The van der Waals surface area contributed by atoms with Gasteiger partial charge >= 0.3 is 0 Å². The molecule has 0 fully saturated rings. The van der Waals surface area contributed by atoms with Crippen LogP contribution in [0.3, 0.4) is 0 Å². The Hall–Kier alpha value is -5.20. The number of aryl methyl sites for hydroxylation is 2. The van der Waals surface area contributed by atoms with E-state index < -0.39 is 0 Å². The van der Waals surface area contributed by atoms with E-state index in [0.717, 1.165) is 44.9 Å². The summed E-state index contributed by atoms with van der Waals surface area (Å²) in [5.74, 6) is -0.553. The summed E-state index contributed by atoms with van der Waals surface area (Å²) in [6.45, 7) is 8.38. The van der Waals surface area contributed by atoms with Crippen molar-refractivity contribution in [3.05, 3.63) is 155 Å². The summed E-state index contributed by atoms with van der Waals surface area (Å²) in [4.78, 5) is 4.26. The van der Waals surface area contributed by atoms with Gasteiger partial charge < -0.3 is 9.80 Å². The molecule has 6 aromatic carbocycles. The van der Waals surface area contributed by atoms with Crippen molar-refractivity contribution in [3.8, 4) is 0 Å². The third kappa shape index (κ3) is 3.75. The fraction of sp³-hybridized carbons (Fsp3) is 0.116. The highest BCUT2D eigenvalue weighted by Crippen LogP contribution is 2.56. The number of hydrogen-bond donors (Lipinski definition) is 0. The van der Waals surface area contributed by atoms with Crippen molar-refractivity contribution < 1.29 is 8.78 Å². The van der Waals surface area contributed by atoms with E-state index in [0.29, 0.717) is 11.4 Å². The molecule has 7 aromatic rings. The first kappa shape index (κ1) is 28.8. The van der Waals surface area contributed by atoms with Gasteiger partial charge in [0, 0.05) is 43.1 Å². The lowest BCUT2D eigenvalue weighted by Gasteiger charge is -2.46. The fourth-order valence-corrected chi connectivity index (χ4v) is 10.0. The van der Waals surface area contributed by atoms with Gasteiger partial charge in [0.1, 0.15) is 11.6 Å². The minimum Gasteiger partial charge on any atom is -0.309 e. The molecule has 1 aromatic heterocycles. The lowest BCUT2D eigenvalue weighted by atomic mass is 9.30. The van der Waals surface area contributed by atoms with Crippen molar-refractivity contribution in [2.75, 3.05) is 9.80 Å². The fourth-order valence-electron chi connectivity index (χ4n) is 8.89. The molecule has 0 unspecified atom stereocenters. The molecule has 0 saturated carbocycles. The number of halogens is 2. The smallest absolute Gasteiger partial charge is 0.249 e. The average molecular weight is 657 g/mol. The van der Waals surface area contributed by atoms with Crippen LogP contribution >= 0.6 is 11.3 Å². The molecule has 0 spiro atoms. The molecule has 0 amide bonds. The van der Waals surface area contributed by atoms with Crippen LogP contribution in [0.4, 0.5) is 37.2 Å². The van der Waals surface area contributed by atoms with Gasteiger partial charge in [0.05, 0.1) is 11.4 Å². The number of anilines is 5. The zero-order valence-corrected chi connectivity index (χ0v) is 28.4. The van der Waals surface area contributed by atoms with Gasteiger partial charge in [0.15, 0.2) is 0 Å². The molecule has 0 radical (unpaired) electrons. The van der Waals surface area contributed by atoms with Crippen molar-refractivity contribution in [2.24, 2.45) is 0 Å². The van der Waals surface area contributed by atoms with Crippen LogP contribution in [0.15, 0.2) is 121 Å². The summed E-state index contributed by atoms with van der Waals surface area (Å²) in [6.07, 6.45) is 0. The first-order valence-corrected chi connectivity index (χ1v) is 17.6. The van der Waals surface area contributed by atoms with E-state index >= 15 is 8.78 Å². The molecule has 2 aliphatic heterocycles.